The van der Waals surface area contributed by atoms with Crippen molar-refractivity contribution in [3.05, 3.63) is 121 Å². The average Bonchev–Trinajstić information content (AvgIpc) is 3.38. The third-order valence-corrected chi connectivity index (χ3v) is 6.83. The molecule has 0 unspecified atom stereocenters. The van der Waals surface area contributed by atoms with Gasteiger partial charge in [0.15, 0.2) is 0 Å². The van der Waals surface area contributed by atoms with Gasteiger partial charge >= 0.3 is 0 Å². The summed E-state index contributed by atoms with van der Waals surface area (Å²) in [5.41, 5.74) is 8.64. The highest BCUT2D eigenvalue weighted by molar-refractivity contribution is 6.12. The minimum atomic E-state index is 1.19. The molecule has 2 aromatic heterocycles. The molecule has 0 saturated heterocycles. The van der Waals surface area contributed by atoms with Crippen LogP contribution in [0.25, 0.3) is 55.0 Å². The van der Waals surface area contributed by atoms with E-state index in [0.29, 0.717) is 0 Å². The maximum atomic E-state index is 2.40. The predicted octanol–water partition coefficient (Wildman–Crippen LogP) is 8.19. The zero-order valence-corrected chi connectivity index (χ0v) is 18.4. The molecule has 0 amide bonds. The smallest absolute Gasteiger partial charge is 0.0570 e. The molecule has 2 heteroatoms. The van der Waals surface area contributed by atoms with Crippen molar-refractivity contribution in [2.24, 2.45) is 0 Å². The van der Waals surface area contributed by atoms with Crippen LogP contribution in [-0.2, 0) is 0 Å². The van der Waals surface area contributed by atoms with E-state index >= 15 is 0 Å². The van der Waals surface area contributed by atoms with E-state index in [-0.39, 0.29) is 0 Å². The van der Waals surface area contributed by atoms with Crippen molar-refractivity contribution in [1.29, 1.82) is 0 Å². The Morgan fingerprint density at radius 1 is 0.424 bits per heavy atom. The maximum absolute atomic E-state index is 2.40. The second kappa shape index (κ2) is 6.85. The van der Waals surface area contributed by atoms with Crippen molar-refractivity contribution in [3.63, 3.8) is 0 Å². The summed E-state index contributed by atoms with van der Waals surface area (Å²) in [6.45, 7) is 2.20. The lowest BCUT2D eigenvalue weighted by molar-refractivity contribution is 1.16. The number of aromatic nitrogens is 2. The summed E-state index contributed by atoms with van der Waals surface area (Å²) in [4.78, 5) is 0. The van der Waals surface area contributed by atoms with Crippen LogP contribution in [0.15, 0.2) is 115 Å². The Balaban J connectivity index is 1.61. The van der Waals surface area contributed by atoms with E-state index in [1.807, 2.05) is 0 Å². The zero-order chi connectivity index (χ0) is 21.9. The molecular weight excluding hydrogens is 400 g/mol. The standard InChI is InChI=1S/C31H22N2/c1-21-10-9-15-26-27-20-23(18-19-30(27)33(31(21)26)22-11-3-2-4-12-22)32-28-16-7-5-13-24(28)25-14-6-8-17-29(25)32/h2-20H,1H3. The van der Waals surface area contributed by atoms with Crippen LogP contribution in [-0.4, -0.2) is 9.13 Å². The molecule has 0 spiro atoms. The zero-order valence-electron chi connectivity index (χ0n) is 18.4. The van der Waals surface area contributed by atoms with Crippen molar-refractivity contribution in [3.8, 4) is 11.4 Å². The Bertz CT molecular complexity index is 1760. The minimum Gasteiger partial charge on any atom is -0.309 e. The molecule has 0 bridgehead atoms. The lowest BCUT2D eigenvalue weighted by Crippen LogP contribution is -1.96. The first-order chi connectivity index (χ1) is 16.3. The molecule has 0 aliphatic rings. The van der Waals surface area contributed by atoms with E-state index in [0.717, 1.165) is 0 Å². The van der Waals surface area contributed by atoms with Gasteiger partial charge in [0.2, 0.25) is 0 Å². The van der Waals surface area contributed by atoms with Crippen LogP contribution in [0, 0.1) is 6.92 Å². The van der Waals surface area contributed by atoms with E-state index in [2.05, 4.69) is 131 Å². The molecule has 33 heavy (non-hydrogen) atoms. The first-order valence-corrected chi connectivity index (χ1v) is 11.4. The van der Waals surface area contributed by atoms with E-state index in [4.69, 9.17) is 0 Å². The quantitative estimate of drug-likeness (QED) is 0.266. The predicted molar refractivity (Wildman–Crippen MR) is 140 cm³/mol. The SMILES string of the molecule is Cc1cccc2c3cc(-n4c5ccccc5c5ccccc54)ccc3n(-c3ccccc3)c12. The number of fused-ring (bicyclic) bond motifs is 6. The summed E-state index contributed by atoms with van der Waals surface area (Å²) in [7, 11) is 0. The van der Waals surface area contributed by atoms with Gasteiger partial charge in [-0.25, -0.2) is 0 Å². The molecule has 0 N–H and O–H groups in total. The average molecular weight is 423 g/mol. The van der Waals surface area contributed by atoms with Crippen molar-refractivity contribution < 1.29 is 0 Å². The number of nitrogens with zero attached hydrogens (tertiary/aromatic N) is 2. The summed E-state index contributed by atoms with van der Waals surface area (Å²) in [5.74, 6) is 0. The molecule has 0 atom stereocenters. The van der Waals surface area contributed by atoms with Gasteiger partial charge in [-0.15, -0.1) is 0 Å². The second-order valence-corrected chi connectivity index (χ2v) is 8.71. The Kier molecular flexibility index (Phi) is 3.80. The van der Waals surface area contributed by atoms with Gasteiger partial charge in [0.05, 0.1) is 22.1 Å². The van der Waals surface area contributed by atoms with Gasteiger partial charge in [0.25, 0.3) is 0 Å². The molecule has 7 aromatic rings. The fourth-order valence-electron chi connectivity index (χ4n) is 5.41. The Morgan fingerprint density at radius 2 is 1.03 bits per heavy atom. The van der Waals surface area contributed by atoms with Gasteiger partial charge < -0.3 is 9.13 Å². The number of para-hydroxylation sites is 4. The van der Waals surface area contributed by atoms with Gasteiger partial charge in [0, 0.05) is 32.9 Å². The number of hydrogen-bond donors (Lipinski definition) is 0. The minimum absolute atomic E-state index is 1.19. The van der Waals surface area contributed by atoms with Gasteiger partial charge in [-0.3, -0.25) is 0 Å². The highest BCUT2D eigenvalue weighted by Gasteiger charge is 2.16. The Labute approximate surface area is 191 Å². The van der Waals surface area contributed by atoms with Crippen LogP contribution in [0.1, 0.15) is 5.56 Å². The fourth-order valence-corrected chi connectivity index (χ4v) is 5.41. The van der Waals surface area contributed by atoms with Crippen LogP contribution < -0.4 is 0 Å². The maximum Gasteiger partial charge on any atom is 0.0570 e. The molecule has 5 aromatic carbocycles. The Morgan fingerprint density at radius 3 is 1.76 bits per heavy atom. The second-order valence-electron chi connectivity index (χ2n) is 8.71. The van der Waals surface area contributed by atoms with Gasteiger partial charge in [-0.05, 0) is 55.0 Å². The summed E-state index contributed by atoms with van der Waals surface area (Å²) in [6.07, 6.45) is 0. The molecule has 7 rings (SSSR count). The van der Waals surface area contributed by atoms with Crippen LogP contribution in [0.3, 0.4) is 0 Å². The first kappa shape index (κ1) is 18.3. The highest BCUT2D eigenvalue weighted by Crippen LogP contribution is 2.37. The third-order valence-electron chi connectivity index (χ3n) is 6.83. The number of hydrogen-bond acceptors (Lipinski definition) is 0. The molecule has 2 nitrogen and oxygen atoms in total. The summed E-state index contributed by atoms with van der Waals surface area (Å²) >= 11 is 0. The van der Waals surface area contributed by atoms with Crippen molar-refractivity contribution in [1.82, 2.24) is 9.13 Å². The molecule has 0 radical (unpaired) electrons. The number of rotatable bonds is 2. The van der Waals surface area contributed by atoms with Crippen molar-refractivity contribution in [2.75, 3.05) is 0 Å². The summed E-state index contributed by atoms with van der Waals surface area (Å²) in [5, 5.41) is 5.14. The molecule has 0 fully saturated rings. The number of benzene rings is 5. The molecule has 0 saturated carbocycles. The molecule has 2 heterocycles. The molecule has 0 aliphatic carbocycles. The van der Waals surface area contributed by atoms with Crippen molar-refractivity contribution in [2.45, 2.75) is 6.92 Å². The summed E-state index contributed by atoms with van der Waals surface area (Å²) in [6, 6.07) is 41.6. The van der Waals surface area contributed by atoms with Crippen LogP contribution >= 0.6 is 0 Å². The van der Waals surface area contributed by atoms with E-state index in [1.54, 1.807) is 0 Å². The topological polar surface area (TPSA) is 9.86 Å². The monoisotopic (exact) mass is 422 g/mol. The van der Waals surface area contributed by atoms with Gasteiger partial charge in [0.1, 0.15) is 0 Å². The third kappa shape index (κ3) is 2.55. The van der Waals surface area contributed by atoms with E-state index in [9.17, 15) is 0 Å². The van der Waals surface area contributed by atoms with E-state index in [1.165, 1.54) is 60.5 Å². The first-order valence-electron chi connectivity index (χ1n) is 11.4. The lowest BCUT2D eigenvalue weighted by Gasteiger charge is -2.10. The molecule has 156 valence electrons. The van der Waals surface area contributed by atoms with E-state index < -0.39 is 0 Å². The lowest BCUT2D eigenvalue weighted by atomic mass is 10.1. The van der Waals surface area contributed by atoms with Gasteiger partial charge in [-0.2, -0.15) is 0 Å². The van der Waals surface area contributed by atoms with Crippen LogP contribution in [0.2, 0.25) is 0 Å². The van der Waals surface area contributed by atoms with Crippen molar-refractivity contribution >= 4 is 43.6 Å². The van der Waals surface area contributed by atoms with Gasteiger partial charge in [-0.1, -0.05) is 72.8 Å². The Hall–Kier alpha value is -4.30. The molecule has 0 aliphatic heterocycles. The fraction of sp³-hybridized carbons (Fsp3) is 0.0323. The molecular formula is C31H22N2. The van der Waals surface area contributed by atoms with Crippen LogP contribution in [0.4, 0.5) is 0 Å². The van der Waals surface area contributed by atoms with Crippen LogP contribution in [0.5, 0.6) is 0 Å². The number of aryl methyl sites for hydroxylation is 1. The normalized spacial score (nSPS) is 11.8. The summed E-state index contributed by atoms with van der Waals surface area (Å²) < 4.78 is 4.79. The largest absolute Gasteiger partial charge is 0.309 e. The highest BCUT2D eigenvalue weighted by atomic mass is 15.0.